The van der Waals surface area contributed by atoms with E-state index in [-0.39, 0.29) is 6.10 Å². The Morgan fingerprint density at radius 1 is 1.28 bits per heavy atom. The molecule has 1 unspecified atom stereocenters. The number of halogens is 1. The number of aromatic nitrogens is 2. The van der Waals surface area contributed by atoms with Crippen LogP contribution in [0, 0.1) is 0 Å². The van der Waals surface area contributed by atoms with E-state index in [9.17, 15) is 5.11 Å². The zero-order valence-corrected chi connectivity index (χ0v) is 12.5. The van der Waals surface area contributed by atoms with Crippen molar-refractivity contribution in [1.29, 1.82) is 0 Å². The van der Waals surface area contributed by atoms with E-state index in [0.717, 1.165) is 42.2 Å². The summed E-state index contributed by atoms with van der Waals surface area (Å²) in [5.74, 6) is 0. The van der Waals surface area contributed by atoms with Gasteiger partial charge in [0.05, 0.1) is 22.5 Å². The Kier molecular flexibility index (Phi) is 6.72. The molecule has 0 aliphatic heterocycles. The molecule has 0 aromatic carbocycles. The fourth-order valence-electron chi connectivity index (χ4n) is 2.17. The number of rotatable bonds is 8. The molecule has 0 aliphatic carbocycles. The summed E-state index contributed by atoms with van der Waals surface area (Å²) in [5, 5.41) is 15.3. The van der Waals surface area contributed by atoms with Crippen LogP contribution in [0.5, 0.6) is 0 Å². The number of hydrogen-bond donors (Lipinski definition) is 1. The molecule has 0 fully saturated rings. The van der Waals surface area contributed by atoms with Crippen LogP contribution in [0.15, 0.2) is 0 Å². The molecule has 0 bridgehead atoms. The Labute approximate surface area is 115 Å². The van der Waals surface area contributed by atoms with Crippen molar-refractivity contribution in [2.24, 2.45) is 0 Å². The summed E-state index contributed by atoms with van der Waals surface area (Å²) in [4.78, 5) is 0. The van der Waals surface area contributed by atoms with Crippen molar-refractivity contribution in [2.75, 3.05) is 0 Å². The van der Waals surface area contributed by atoms with Crippen LogP contribution in [0.4, 0.5) is 0 Å². The molecule has 1 N–H and O–H groups in total. The first-order valence-corrected chi connectivity index (χ1v) is 7.43. The minimum absolute atomic E-state index is 0.305. The van der Waals surface area contributed by atoms with Crippen LogP contribution in [0.2, 0.25) is 5.02 Å². The van der Waals surface area contributed by atoms with Gasteiger partial charge in [-0.05, 0) is 19.8 Å². The quantitative estimate of drug-likeness (QED) is 0.734. The van der Waals surface area contributed by atoms with Gasteiger partial charge in [-0.1, -0.05) is 44.7 Å². The Morgan fingerprint density at radius 2 is 2.00 bits per heavy atom. The lowest BCUT2D eigenvalue weighted by Gasteiger charge is -2.11. The number of aliphatic hydroxyl groups is 1. The van der Waals surface area contributed by atoms with Crippen molar-refractivity contribution in [2.45, 2.75) is 71.9 Å². The Morgan fingerprint density at radius 3 is 2.56 bits per heavy atom. The van der Waals surface area contributed by atoms with E-state index in [1.165, 1.54) is 12.8 Å². The van der Waals surface area contributed by atoms with Gasteiger partial charge in [-0.15, -0.1) is 0 Å². The summed E-state index contributed by atoms with van der Waals surface area (Å²) in [6, 6.07) is 0. The second-order valence-corrected chi connectivity index (χ2v) is 5.11. The minimum Gasteiger partial charge on any atom is -0.393 e. The lowest BCUT2D eigenvalue weighted by Crippen LogP contribution is -2.14. The highest BCUT2D eigenvalue weighted by Crippen LogP contribution is 2.23. The fourth-order valence-corrected chi connectivity index (χ4v) is 2.51. The molecule has 3 nitrogen and oxygen atoms in total. The number of unbranched alkanes of at least 4 members (excludes halogenated alkanes) is 2. The molecular weight excluding hydrogens is 248 g/mol. The van der Waals surface area contributed by atoms with Crippen molar-refractivity contribution in [3.8, 4) is 0 Å². The third kappa shape index (κ3) is 3.99. The predicted octanol–water partition coefficient (Wildman–Crippen LogP) is 3.60. The molecule has 1 heterocycles. The van der Waals surface area contributed by atoms with Gasteiger partial charge in [-0.25, -0.2) is 0 Å². The number of nitrogens with zero attached hydrogens (tertiary/aromatic N) is 2. The third-order valence-corrected chi connectivity index (χ3v) is 3.70. The smallest absolute Gasteiger partial charge is 0.0850 e. The molecule has 0 saturated carbocycles. The molecule has 104 valence electrons. The molecule has 1 rings (SSSR count). The molecule has 1 aromatic heterocycles. The minimum atomic E-state index is -0.305. The number of aryl methyl sites for hydroxylation is 2. The Bertz CT molecular complexity index is 363. The second kappa shape index (κ2) is 7.80. The van der Waals surface area contributed by atoms with Gasteiger partial charge in [0.2, 0.25) is 0 Å². The van der Waals surface area contributed by atoms with E-state index in [0.29, 0.717) is 6.42 Å². The first kappa shape index (κ1) is 15.5. The van der Waals surface area contributed by atoms with Crippen molar-refractivity contribution < 1.29 is 5.11 Å². The average molecular weight is 273 g/mol. The molecule has 0 radical (unpaired) electrons. The average Bonchev–Trinajstić information content (AvgIpc) is 2.66. The van der Waals surface area contributed by atoms with Crippen LogP contribution in [-0.4, -0.2) is 21.0 Å². The van der Waals surface area contributed by atoms with Crippen LogP contribution < -0.4 is 0 Å². The highest BCUT2D eigenvalue weighted by atomic mass is 35.5. The first-order chi connectivity index (χ1) is 8.63. The van der Waals surface area contributed by atoms with Crippen LogP contribution >= 0.6 is 11.6 Å². The van der Waals surface area contributed by atoms with Crippen LogP contribution in [0.1, 0.15) is 57.8 Å². The molecule has 0 amide bonds. The van der Waals surface area contributed by atoms with Crippen molar-refractivity contribution in [1.82, 2.24) is 9.78 Å². The van der Waals surface area contributed by atoms with Gasteiger partial charge in [0.25, 0.3) is 0 Å². The van der Waals surface area contributed by atoms with Gasteiger partial charge in [0.1, 0.15) is 0 Å². The summed E-state index contributed by atoms with van der Waals surface area (Å²) in [5.41, 5.74) is 1.93. The monoisotopic (exact) mass is 272 g/mol. The van der Waals surface area contributed by atoms with Gasteiger partial charge in [-0.2, -0.15) is 5.10 Å². The maximum absolute atomic E-state index is 10.1. The molecule has 0 saturated heterocycles. The van der Waals surface area contributed by atoms with E-state index < -0.39 is 0 Å². The summed E-state index contributed by atoms with van der Waals surface area (Å²) >= 11 is 6.32. The highest BCUT2D eigenvalue weighted by molar-refractivity contribution is 6.31. The Balaban J connectivity index is 2.67. The topological polar surface area (TPSA) is 38.1 Å². The van der Waals surface area contributed by atoms with Crippen molar-refractivity contribution in [3.63, 3.8) is 0 Å². The summed E-state index contributed by atoms with van der Waals surface area (Å²) < 4.78 is 1.92. The summed E-state index contributed by atoms with van der Waals surface area (Å²) in [6.07, 6.45) is 5.43. The Hall–Kier alpha value is -0.540. The third-order valence-electron chi connectivity index (χ3n) is 3.26. The molecule has 1 atom stereocenters. The van der Waals surface area contributed by atoms with Gasteiger partial charge in [0.15, 0.2) is 0 Å². The normalized spacial score (nSPS) is 12.9. The van der Waals surface area contributed by atoms with Crippen LogP contribution in [-0.2, 0) is 19.4 Å². The fraction of sp³-hybridized carbons (Fsp3) is 0.786. The molecule has 4 heteroatoms. The molecule has 0 spiro atoms. The molecule has 1 aromatic rings. The maximum atomic E-state index is 10.1. The zero-order valence-electron chi connectivity index (χ0n) is 11.7. The molecule has 18 heavy (non-hydrogen) atoms. The van der Waals surface area contributed by atoms with E-state index in [1.807, 2.05) is 4.68 Å². The molecular formula is C14H25ClN2O. The largest absolute Gasteiger partial charge is 0.393 e. The summed E-state index contributed by atoms with van der Waals surface area (Å²) in [7, 11) is 0. The van der Waals surface area contributed by atoms with Crippen molar-refractivity contribution >= 4 is 11.6 Å². The highest BCUT2D eigenvalue weighted by Gasteiger charge is 2.17. The van der Waals surface area contributed by atoms with E-state index in [4.69, 9.17) is 11.6 Å². The second-order valence-electron chi connectivity index (χ2n) is 4.73. The zero-order chi connectivity index (χ0) is 13.5. The van der Waals surface area contributed by atoms with E-state index >= 15 is 0 Å². The van der Waals surface area contributed by atoms with E-state index in [1.54, 1.807) is 0 Å². The molecule has 0 aliphatic rings. The lowest BCUT2D eigenvalue weighted by atomic mass is 10.1. The van der Waals surface area contributed by atoms with Gasteiger partial charge in [0, 0.05) is 13.0 Å². The number of hydrogen-bond acceptors (Lipinski definition) is 2. The summed E-state index contributed by atoms with van der Waals surface area (Å²) in [6.45, 7) is 7.07. The van der Waals surface area contributed by atoms with Crippen LogP contribution in [0.3, 0.4) is 0 Å². The van der Waals surface area contributed by atoms with E-state index in [2.05, 4.69) is 25.9 Å². The predicted molar refractivity (Wildman–Crippen MR) is 76.1 cm³/mol. The van der Waals surface area contributed by atoms with Gasteiger partial charge < -0.3 is 5.11 Å². The number of aliphatic hydroxyl groups excluding tert-OH is 1. The first-order valence-electron chi connectivity index (χ1n) is 7.06. The van der Waals surface area contributed by atoms with Crippen LogP contribution in [0.25, 0.3) is 0 Å². The maximum Gasteiger partial charge on any atom is 0.0850 e. The van der Waals surface area contributed by atoms with Crippen molar-refractivity contribution in [3.05, 3.63) is 16.4 Å². The van der Waals surface area contributed by atoms with Gasteiger partial charge in [-0.3, -0.25) is 4.68 Å². The standard InChI is InChI=1S/C14H25ClN2O/c1-4-7-8-9-11(18)10-13-14(15)12(5-2)16-17(13)6-3/h11,18H,4-10H2,1-3H3. The van der Waals surface area contributed by atoms with Gasteiger partial charge >= 0.3 is 0 Å². The SMILES string of the molecule is CCCCCC(O)Cc1c(Cl)c(CC)nn1CC. The lowest BCUT2D eigenvalue weighted by molar-refractivity contribution is 0.158.